The number of nitrogens with two attached hydrogens (primary N) is 1. The summed E-state index contributed by atoms with van der Waals surface area (Å²) in [5.41, 5.74) is 4.92. The predicted molar refractivity (Wildman–Crippen MR) is 46.9 cm³/mol. The quantitative estimate of drug-likeness (QED) is 0.243. The van der Waals surface area contributed by atoms with Crippen LogP contribution in [0.2, 0.25) is 5.15 Å². The Morgan fingerprint density at radius 1 is 1.69 bits per heavy atom. The number of hydrogen-bond donors (Lipinski definition) is 2. The molecule has 0 aliphatic carbocycles. The second-order valence-electron chi connectivity index (χ2n) is 2.18. The van der Waals surface area contributed by atoms with Gasteiger partial charge in [0.25, 0.3) is 0 Å². The maximum atomic E-state index is 10.3. The first-order chi connectivity index (χ1) is 6.02. The van der Waals surface area contributed by atoms with Crippen molar-refractivity contribution in [3.8, 4) is 0 Å². The van der Waals surface area contributed by atoms with Gasteiger partial charge in [0, 0.05) is 6.07 Å². The molecule has 0 saturated heterocycles. The van der Waals surface area contributed by atoms with Gasteiger partial charge in [-0.3, -0.25) is 15.5 Å². The zero-order valence-corrected chi connectivity index (χ0v) is 7.08. The number of aromatic nitrogens is 1. The molecule has 0 amide bonds. The van der Waals surface area contributed by atoms with Gasteiger partial charge in [0.1, 0.15) is 11.5 Å². The summed E-state index contributed by atoms with van der Waals surface area (Å²) in [4.78, 5) is 13.2. The van der Waals surface area contributed by atoms with Crippen LogP contribution >= 0.6 is 11.6 Å². The largest absolute Gasteiger partial charge is 0.382 e. The number of nitrogens with zero attached hydrogens (tertiary/aromatic N) is 2. The van der Waals surface area contributed by atoms with Crippen LogP contribution in [0.25, 0.3) is 0 Å². The maximum absolute atomic E-state index is 10.3. The van der Waals surface area contributed by atoms with Crippen LogP contribution in [0.3, 0.4) is 0 Å². The van der Waals surface area contributed by atoms with E-state index in [2.05, 4.69) is 4.98 Å². The number of amidine groups is 1. The Balaban J connectivity index is 3.20. The van der Waals surface area contributed by atoms with E-state index >= 15 is 0 Å². The molecular formula is C6H5ClN4O2. The fourth-order valence-corrected chi connectivity index (χ4v) is 0.936. The van der Waals surface area contributed by atoms with Crippen LogP contribution in [0, 0.1) is 15.5 Å². The van der Waals surface area contributed by atoms with Crippen LogP contribution < -0.4 is 5.73 Å². The van der Waals surface area contributed by atoms with Crippen molar-refractivity contribution in [1.29, 1.82) is 5.41 Å². The highest BCUT2D eigenvalue weighted by Gasteiger charge is 2.14. The molecule has 0 atom stereocenters. The molecule has 1 heterocycles. The van der Waals surface area contributed by atoms with Crippen molar-refractivity contribution in [1.82, 2.24) is 4.98 Å². The molecule has 0 bridgehead atoms. The van der Waals surface area contributed by atoms with Crippen LogP contribution in [-0.4, -0.2) is 15.7 Å². The highest BCUT2D eigenvalue weighted by molar-refractivity contribution is 6.31. The van der Waals surface area contributed by atoms with Gasteiger partial charge in [-0.05, 0) is 6.07 Å². The second-order valence-corrected chi connectivity index (χ2v) is 2.54. The zero-order chi connectivity index (χ0) is 10.0. The van der Waals surface area contributed by atoms with Crippen molar-refractivity contribution < 1.29 is 4.92 Å². The molecule has 6 nitrogen and oxygen atoms in total. The molecule has 0 radical (unpaired) electrons. The number of halogens is 1. The minimum absolute atomic E-state index is 0.121. The molecule has 1 aromatic rings. The number of rotatable bonds is 2. The normalized spacial score (nSPS) is 9.62. The Kier molecular flexibility index (Phi) is 2.43. The Hall–Kier alpha value is -1.69. The van der Waals surface area contributed by atoms with Crippen molar-refractivity contribution in [3.63, 3.8) is 0 Å². The summed E-state index contributed by atoms with van der Waals surface area (Å²) < 4.78 is 0. The molecule has 0 fully saturated rings. The zero-order valence-electron chi connectivity index (χ0n) is 6.32. The van der Waals surface area contributed by atoms with Gasteiger partial charge in [-0.15, -0.1) is 0 Å². The highest BCUT2D eigenvalue weighted by atomic mass is 35.5. The predicted octanol–water partition coefficient (Wildman–Crippen LogP) is 0.927. The third-order valence-corrected chi connectivity index (χ3v) is 1.58. The molecule has 1 rings (SSSR count). The Labute approximate surface area is 78.0 Å². The third-order valence-electron chi connectivity index (χ3n) is 1.30. The average molecular weight is 201 g/mol. The van der Waals surface area contributed by atoms with E-state index in [1.807, 2.05) is 0 Å². The lowest BCUT2D eigenvalue weighted by molar-refractivity contribution is -0.385. The minimum atomic E-state index is -0.654. The molecule has 3 N–H and O–H groups in total. The monoisotopic (exact) mass is 200 g/mol. The molecule has 0 spiro atoms. The topological polar surface area (TPSA) is 106 Å². The molecule has 1 aromatic heterocycles. The van der Waals surface area contributed by atoms with E-state index in [0.717, 1.165) is 6.07 Å². The van der Waals surface area contributed by atoms with Crippen molar-refractivity contribution in [2.45, 2.75) is 0 Å². The van der Waals surface area contributed by atoms with Crippen molar-refractivity contribution in [2.24, 2.45) is 5.73 Å². The minimum Gasteiger partial charge on any atom is -0.382 e. The first-order valence-electron chi connectivity index (χ1n) is 3.17. The maximum Gasteiger partial charge on any atom is 0.306 e. The van der Waals surface area contributed by atoms with Gasteiger partial charge in [-0.1, -0.05) is 11.6 Å². The Bertz CT molecular complexity index is 379. The first kappa shape index (κ1) is 9.40. The van der Waals surface area contributed by atoms with Gasteiger partial charge in [-0.25, -0.2) is 4.98 Å². The molecule has 7 heteroatoms. The van der Waals surface area contributed by atoms with E-state index in [1.54, 1.807) is 0 Å². The lowest BCUT2D eigenvalue weighted by Gasteiger charge is -1.97. The van der Waals surface area contributed by atoms with Gasteiger partial charge >= 0.3 is 5.69 Å². The summed E-state index contributed by atoms with van der Waals surface area (Å²) in [5, 5.41) is 17.0. The lowest BCUT2D eigenvalue weighted by atomic mass is 10.3. The fourth-order valence-electron chi connectivity index (χ4n) is 0.713. The van der Waals surface area contributed by atoms with E-state index in [0.29, 0.717) is 0 Å². The van der Waals surface area contributed by atoms with Gasteiger partial charge < -0.3 is 5.73 Å². The number of pyridine rings is 1. The Morgan fingerprint density at radius 2 is 2.31 bits per heavy atom. The van der Waals surface area contributed by atoms with Gasteiger partial charge in [0.05, 0.1) is 4.92 Å². The van der Waals surface area contributed by atoms with Crippen molar-refractivity contribution in [3.05, 3.63) is 33.1 Å². The highest BCUT2D eigenvalue weighted by Crippen LogP contribution is 2.21. The lowest BCUT2D eigenvalue weighted by Crippen LogP contribution is -2.13. The third kappa shape index (κ3) is 1.91. The molecular weight excluding hydrogens is 196 g/mol. The number of nitrogen functional groups attached to an aromatic ring is 1. The van der Waals surface area contributed by atoms with Crippen LogP contribution in [-0.2, 0) is 0 Å². The molecule has 0 aliphatic rings. The molecule has 0 aromatic carbocycles. The average Bonchev–Trinajstić information content (AvgIpc) is 2.03. The Morgan fingerprint density at radius 3 is 2.69 bits per heavy atom. The van der Waals surface area contributed by atoms with E-state index in [-0.39, 0.29) is 22.4 Å². The van der Waals surface area contributed by atoms with E-state index < -0.39 is 4.92 Å². The summed E-state index contributed by atoms with van der Waals surface area (Å²) >= 11 is 5.46. The van der Waals surface area contributed by atoms with E-state index in [9.17, 15) is 10.1 Å². The summed E-state index contributed by atoms with van der Waals surface area (Å²) in [7, 11) is 0. The molecule has 0 unspecified atom stereocenters. The van der Waals surface area contributed by atoms with Gasteiger partial charge in [0.2, 0.25) is 5.15 Å². The number of hydrogen-bond acceptors (Lipinski definition) is 4. The van der Waals surface area contributed by atoms with Crippen molar-refractivity contribution in [2.75, 3.05) is 0 Å². The molecule has 0 saturated carbocycles. The fraction of sp³-hybridized carbons (Fsp3) is 0. The number of nitro groups is 1. The van der Waals surface area contributed by atoms with Crippen LogP contribution in [0.4, 0.5) is 5.69 Å². The summed E-state index contributed by atoms with van der Waals surface area (Å²) in [6, 6.07) is 2.43. The van der Waals surface area contributed by atoms with Gasteiger partial charge in [-0.2, -0.15) is 0 Å². The SMILES string of the molecule is N=C(N)c1ccc([N+](=O)[O-])c(Cl)n1. The summed E-state index contributed by atoms with van der Waals surface area (Å²) in [6.07, 6.45) is 0. The first-order valence-corrected chi connectivity index (χ1v) is 3.55. The van der Waals surface area contributed by atoms with E-state index in [4.69, 9.17) is 22.7 Å². The van der Waals surface area contributed by atoms with Crippen molar-refractivity contribution >= 4 is 23.1 Å². The van der Waals surface area contributed by atoms with Crippen LogP contribution in [0.1, 0.15) is 5.69 Å². The molecule has 13 heavy (non-hydrogen) atoms. The standard InChI is InChI=1S/C6H5ClN4O2/c7-5-4(11(12)13)2-1-3(10-5)6(8)9/h1-2H,(H3,8,9). The molecule has 0 aliphatic heterocycles. The second kappa shape index (κ2) is 3.36. The smallest absolute Gasteiger partial charge is 0.306 e. The van der Waals surface area contributed by atoms with Crippen LogP contribution in [0.15, 0.2) is 12.1 Å². The van der Waals surface area contributed by atoms with Gasteiger partial charge in [0.15, 0.2) is 0 Å². The van der Waals surface area contributed by atoms with Crippen LogP contribution in [0.5, 0.6) is 0 Å². The van der Waals surface area contributed by atoms with E-state index in [1.165, 1.54) is 6.07 Å². The summed E-state index contributed by atoms with van der Waals surface area (Å²) in [5.74, 6) is -0.281. The summed E-state index contributed by atoms with van der Waals surface area (Å²) in [6.45, 7) is 0. The molecule has 68 valence electrons. The number of nitrogens with one attached hydrogen (secondary N) is 1.